The van der Waals surface area contributed by atoms with Gasteiger partial charge in [-0.05, 0) is 55.3 Å². The van der Waals surface area contributed by atoms with Gasteiger partial charge in [-0.3, -0.25) is 4.79 Å². The van der Waals surface area contributed by atoms with E-state index in [0.29, 0.717) is 37.7 Å². The first-order chi connectivity index (χ1) is 16.9. The zero-order valence-electron chi connectivity index (χ0n) is 19.5. The molecule has 1 heterocycles. The summed E-state index contributed by atoms with van der Waals surface area (Å²) in [6.45, 7) is 4.16. The van der Waals surface area contributed by atoms with Gasteiger partial charge in [0.25, 0.3) is 0 Å². The van der Waals surface area contributed by atoms with Crippen molar-refractivity contribution >= 4 is 57.5 Å². The predicted octanol–water partition coefficient (Wildman–Crippen LogP) is 7.03. The molecule has 0 saturated carbocycles. The highest BCUT2D eigenvalue weighted by Gasteiger charge is 2.18. The molecule has 1 N–H and O–H groups in total. The molecule has 2 aromatic carbocycles. The third-order valence-corrected chi connectivity index (χ3v) is 6.82. The van der Waals surface area contributed by atoms with E-state index in [9.17, 15) is 9.59 Å². The zero-order valence-corrected chi connectivity index (χ0v) is 21.9. The number of amides is 1. The second-order valence-electron chi connectivity index (χ2n) is 7.25. The molecule has 6 nitrogen and oxygen atoms in total. The molecule has 0 saturated heterocycles. The lowest BCUT2D eigenvalue weighted by Crippen LogP contribution is -2.11. The molecule has 0 radical (unpaired) electrons. The Kier molecular flexibility index (Phi) is 9.60. The summed E-state index contributed by atoms with van der Waals surface area (Å²) in [7, 11) is 1.53. The van der Waals surface area contributed by atoms with Crippen molar-refractivity contribution in [2.45, 2.75) is 26.9 Å². The Morgan fingerprint density at radius 1 is 1.06 bits per heavy atom. The number of carbonyl (C=O) groups excluding carboxylic acids is 2. The van der Waals surface area contributed by atoms with Gasteiger partial charge >= 0.3 is 5.97 Å². The van der Waals surface area contributed by atoms with Gasteiger partial charge in [0.15, 0.2) is 11.5 Å². The topological polar surface area (TPSA) is 73.9 Å². The lowest BCUT2D eigenvalue weighted by Gasteiger charge is -2.13. The molecule has 3 rings (SSSR count). The molecule has 0 unspecified atom stereocenters. The van der Waals surface area contributed by atoms with Gasteiger partial charge in [0.1, 0.15) is 11.6 Å². The van der Waals surface area contributed by atoms with Crippen LogP contribution < -0.4 is 14.8 Å². The molecule has 0 aliphatic rings. The second kappa shape index (κ2) is 12.6. The number of thiophene rings is 1. The van der Waals surface area contributed by atoms with Gasteiger partial charge < -0.3 is 19.5 Å². The fourth-order valence-corrected chi connectivity index (χ4v) is 4.62. The fourth-order valence-electron chi connectivity index (χ4n) is 3.12. The van der Waals surface area contributed by atoms with Crippen LogP contribution in [0.1, 0.15) is 40.2 Å². The Labute approximate surface area is 218 Å². The second-order valence-corrected chi connectivity index (χ2v) is 9.20. The highest BCUT2D eigenvalue weighted by molar-refractivity contribution is 7.16. The molecule has 0 bridgehead atoms. The Bertz CT molecular complexity index is 1220. The summed E-state index contributed by atoms with van der Waals surface area (Å²) in [6.07, 6.45) is 3.78. The predicted molar refractivity (Wildman–Crippen MR) is 141 cm³/mol. The number of rotatable bonds is 10. The Morgan fingerprint density at radius 2 is 1.80 bits per heavy atom. The van der Waals surface area contributed by atoms with Crippen molar-refractivity contribution in [3.63, 3.8) is 0 Å². The van der Waals surface area contributed by atoms with Crippen LogP contribution >= 0.6 is 34.5 Å². The first kappa shape index (κ1) is 26.6. The SMILES string of the molecule is CCOC(=O)c1cc(CC)sc1NC(=O)/C=C/c1ccc(OCc2c(Cl)cccc2Cl)c(OC)c1. The third kappa shape index (κ3) is 7.01. The lowest BCUT2D eigenvalue weighted by atomic mass is 10.2. The van der Waals surface area contributed by atoms with E-state index in [1.165, 1.54) is 24.5 Å². The van der Waals surface area contributed by atoms with Crippen molar-refractivity contribution in [3.05, 3.63) is 80.2 Å². The van der Waals surface area contributed by atoms with Crippen LogP contribution in [0, 0.1) is 0 Å². The number of ether oxygens (including phenoxy) is 3. The maximum atomic E-state index is 12.5. The zero-order chi connectivity index (χ0) is 25.4. The summed E-state index contributed by atoms with van der Waals surface area (Å²) < 4.78 is 16.4. The summed E-state index contributed by atoms with van der Waals surface area (Å²) in [5.41, 5.74) is 1.77. The number of benzene rings is 2. The average Bonchev–Trinajstić information content (AvgIpc) is 3.25. The van der Waals surface area contributed by atoms with Gasteiger partial charge in [-0.25, -0.2) is 4.79 Å². The summed E-state index contributed by atoms with van der Waals surface area (Å²) >= 11 is 13.8. The van der Waals surface area contributed by atoms with E-state index in [4.69, 9.17) is 37.4 Å². The molecule has 1 amide bonds. The third-order valence-electron chi connectivity index (χ3n) is 4.91. The minimum absolute atomic E-state index is 0.176. The van der Waals surface area contributed by atoms with Gasteiger partial charge in [0.2, 0.25) is 5.91 Å². The Balaban J connectivity index is 1.70. The first-order valence-corrected chi connectivity index (χ1v) is 12.5. The van der Waals surface area contributed by atoms with Crippen molar-refractivity contribution in [2.75, 3.05) is 19.0 Å². The van der Waals surface area contributed by atoms with Crippen LogP contribution in [0.25, 0.3) is 6.08 Å². The van der Waals surface area contributed by atoms with Crippen LogP contribution in [-0.2, 0) is 22.6 Å². The largest absolute Gasteiger partial charge is 0.493 e. The number of anilines is 1. The standard InChI is InChI=1S/C26H25Cl2NO5S/c1-4-17-14-18(26(31)33-5-2)25(35-17)29-24(30)12-10-16-9-11-22(23(13-16)32-3)34-15-19-20(27)7-6-8-21(19)28/h6-14H,4-5,15H2,1-3H3,(H,29,30)/b12-10+. The van der Waals surface area contributed by atoms with Crippen LogP contribution in [-0.4, -0.2) is 25.6 Å². The lowest BCUT2D eigenvalue weighted by molar-refractivity contribution is -0.111. The summed E-state index contributed by atoms with van der Waals surface area (Å²) in [6, 6.07) is 12.3. The fraction of sp³-hybridized carbons (Fsp3) is 0.231. The van der Waals surface area contributed by atoms with Crippen molar-refractivity contribution in [2.24, 2.45) is 0 Å². The molecule has 0 spiro atoms. The minimum atomic E-state index is -0.457. The molecular formula is C26H25Cl2NO5S. The molecule has 9 heteroatoms. The van der Waals surface area contributed by atoms with E-state index in [2.05, 4.69) is 5.32 Å². The van der Waals surface area contributed by atoms with Crippen LogP contribution in [0.2, 0.25) is 10.0 Å². The molecule has 1 aromatic heterocycles. The number of methoxy groups -OCH3 is 1. The van der Waals surface area contributed by atoms with Gasteiger partial charge in [-0.15, -0.1) is 11.3 Å². The Morgan fingerprint density at radius 3 is 2.46 bits per heavy atom. The van der Waals surface area contributed by atoms with Crippen molar-refractivity contribution in [1.82, 2.24) is 0 Å². The molecule has 0 atom stereocenters. The van der Waals surface area contributed by atoms with Crippen LogP contribution in [0.15, 0.2) is 48.5 Å². The summed E-state index contributed by atoms with van der Waals surface area (Å²) in [5, 5.41) is 4.28. The molecule has 0 fully saturated rings. The van der Waals surface area contributed by atoms with Crippen LogP contribution in [0.4, 0.5) is 5.00 Å². The van der Waals surface area contributed by atoms with Gasteiger partial charge in [-0.2, -0.15) is 0 Å². The summed E-state index contributed by atoms with van der Waals surface area (Å²) in [5.74, 6) is 0.176. The molecule has 0 aliphatic carbocycles. The number of nitrogens with one attached hydrogen (secondary N) is 1. The average molecular weight is 534 g/mol. The van der Waals surface area contributed by atoms with Crippen molar-refractivity contribution in [3.8, 4) is 11.5 Å². The van der Waals surface area contributed by atoms with E-state index in [0.717, 1.165) is 16.9 Å². The van der Waals surface area contributed by atoms with E-state index < -0.39 is 5.97 Å². The quantitative estimate of drug-likeness (QED) is 0.223. The molecule has 0 aliphatic heterocycles. The summed E-state index contributed by atoms with van der Waals surface area (Å²) in [4.78, 5) is 25.7. The molecule has 184 valence electrons. The van der Waals surface area contributed by atoms with Crippen LogP contribution in [0.3, 0.4) is 0 Å². The van der Waals surface area contributed by atoms with E-state index in [1.54, 1.807) is 55.5 Å². The maximum Gasteiger partial charge on any atom is 0.341 e. The van der Waals surface area contributed by atoms with Gasteiger partial charge in [0.05, 0.1) is 19.3 Å². The maximum absolute atomic E-state index is 12.5. The van der Waals surface area contributed by atoms with Gasteiger partial charge in [0, 0.05) is 26.6 Å². The van der Waals surface area contributed by atoms with E-state index in [1.807, 2.05) is 6.92 Å². The smallest absolute Gasteiger partial charge is 0.341 e. The highest BCUT2D eigenvalue weighted by atomic mass is 35.5. The number of halogens is 2. The first-order valence-electron chi connectivity index (χ1n) is 10.9. The number of hydrogen-bond donors (Lipinski definition) is 1. The highest BCUT2D eigenvalue weighted by Crippen LogP contribution is 2.32. The molecular weight excluding hydrogens is 509 g/mol. The number of hydrogen-bond acceptors (Lipinski definition) is 6. The Hall–Kier alpha value is -3.00. The molecule has 3 aromatic rings. The minimum Gasteiger partial charge on any atom is -0.493 e. The number of carbonyl (C=O) groups is 2. The van der Waals surface area contributed by atoms with Crippen LogP contribution in [0.5, 0.6) is 11.5 Å². The van der Waals surface area contributed by atoms with E-state index >= 15 is 0 Å². The van der Waals surface area contributed by atoms with E-state index in [-0.39, 0.29) is 19.1 Å². The van der Waals surface area contributed by atoms with Crippen molar-refractivity contribution < 1.29 is 23.8 Å². The van der Waals surface area contributed by atoms with Gasteiger partial charge in [-0.1, -0.05) is 42.3 Å². The number of aryl methyl sites for hydroxylation is 1. The monoisotopic (exact) mass is 533 g/mol. The van der Waals surface area contributed by atoms with Crippen molar-refractivity contribution in [1.29, 1.82) is 0 Å². The normalized spacial score (nSPS) is 10.9. The molecule has 35 heavy (non-hydrogen) atoms. The number of esters is 1.